The summed E-state index contributed by atoms with van der Waals surface area (Å²) in [7, 11) is 0. The van der Waals surface area contributed by atoms with Crippen LogP contribution >= 0.6 is 0 Å². The van der Waals surface area contributed by atoms with Crippen LogP contribution in [0.4, 0.5) is 0 Å². The Hall–Kier alpha value is 5.58. The van der Waals surface area contributed by atoms with Crippen molar-refractivity contribution in [1.82, 2.24) is 0 Å². The van der Waals surface area contributed by atoms with Crippen LogP contribution in [0.15, 0.2) is 0 Å². The van der Waals surface area contributed by atoms with Crippen molar-refractivity contribution in [3.8, 4) is 0 Å². The van der Waals surface area contributed by atoms with Gasteiger partial charge in [-0.2, -0.15) is 0 Å². The Morgan fingerprint density at radius 3 is 0.333 bits per heavy atom. The number of hydrogen-bond donors (Lipinski definition) is 0. The number of rotatable bonds is 0. The zero-order valence-electron chi connectivity index (χ0n) is 4.24. The van der Waals surface area contributed by atoms with Gasteiger partial charge in [0.05, 0.1) is 0 Å². The van der Waals surface area contributed by atoms with E-state index < -0.39 is 0 Å². The Balaban J connectivity index is 0. The van der Waals surface area contributed by atoms with E-state index in [9.17, 15) is 0 Å². The van der Waals surface area contributed by atoms with Crippen molar-refractivity contribution in [3.05, 3.63) is 0 Å². The predicted molar refractivity (Wildman–Crippen MR) is 34.5 cm³/mol. The minimum absolute atomic E-state index is 0. The molecular weight excluding hydrogens is 177 g/mol. The maximum absolute atomic E-state index is 0. The molecule has 0 aromatic heterocycles. The molecule has 12 valence electrons. The molecule has 0 heterocycles. The van der Waals surface area contributed by atoms with Crippen LogP contribution in [0.5, 0.6) is 0 Å². The quantitative estimate of drug-likeness (QED) is 0.366. The molecule has 0 aliphatic heterocycles. The van der Waals surface area contributed by atoms with E-state index in [2.05, 4.69) is 0 Å². The monoisotopic (exact) mass is 176 g/mol. The molecule has 0 aromatic carbocycles. The topological polar surface area (TPSA) is 0 Å². The fourth-order valence-electron chi connectivity index (χ4n) is 0. The average molecular weight is 177 g/mol. The SMILES string of the molecule is [Ca].[Ca].[Mg].[Mg].[Mg].[Mg]. The first-order valence-electron chi connectivity index (χ1n) is 0. The van der Waals surface area contributed by atoms with Crippen molar-refractivity contribution < 1.29 is 0 Å². The summed E-state index contributed by atoms with van der Waals surface area (Å²) in [6, 6.07) is 0. The number of hydrogen-bond acceptors (Lipinski definition) is 0. The van der Waals surface area contributed by atoms with Gasteiger partial charge in [-0.1, -0.05) is 0 Å². The minimum Gasteiger partial charge on any atom is 0 e. The Kier molecular flexibility index (Phi) is 216. The van der Waals surface area contributed by atoms with Gasteiger partial charge in [0.1, 0.15) is 0 Å². The first-order chi connectivity index (χ1) is 0. The molecular formula is Ca2Mg4. The predicted octanol–water partition coefficient (Wildman–Crippen LogP) is -2.28. The normalized spacial score (nSPS) is 0. The molecule has 0 saturated heterocycles. The van der Waals surface area contributed by atoms with E-state index in [-0.39, 0.29) is 168 Å². The molecule has 0 atom stereocenters. The molecule has 0 saturated carbocycles. The molecule has 0 aromatic rings. The molecule has 0 unspecified atom stereocenters. The van der Waals surface area contributed by atoms with E-state index in [4.69, 9.17) is 0 Å². The Bertz CT molecular complexity index is 5.51. The largest absolute Gasteiger partial charge is 0 e. The van der Waals surface area contributed by atoms with Crippen LogP contribution in [0.3, 0.4) is 0 Å². The molecule has 0 amide bonds. The van der Waals surface area contributed by atoms with Crippen LogP contribution in [0, 0.1) is 0 Å². The van der Waals surface area contributed by atoms with Gasteiger partial charge in [-0.25, -0.2) is 0 Å². The Morgan fingerprint density at radius 2 is 0.333 bits per heavy atom. The van der Waals surface area contributed by atoms with Gasteiger partial charge < -0.3 is 0 Å². The summed E-state index contributed by atoms with van der Waals surface area (Å²) in [5, 5.41) is 0. The van der Waals surface area contributed by atoms with Crippen molar-refractivity contribution >= 4 is 168 Å². The summed E-state index contributed by atoms with van der Waals surface area (Å²) in [5.41, 5.74) is 0. The van der Waals surface area contributed by atoms with E-state index in [1.54, 1.807) is 0 Å². The molecule has 12 radical (unpaired) electrons. The molecule has 0 aliphatic rings. The molecule has 0 aliphatic carbocycles. The second-order valence-corrected chi connectivity index (χ2v) is 0. The second-order valence-electron chi connectivity index (χ2n) is 0. The third-order valence-corrected chi connectivity index (χ3v) is 0. The zero-order valence-corrected chi connectivity index (χ0v) is 14.3. The second kappa shape index (κ2) is 31.2. The van der Waals surface area contributed by atoms with Crippen LogP contribution < -0.4 is 0 Å². The van der Waals surface area contributed by atoms with Crippen molar-refractivity contribution in [3.63, 3.8) is 0 Å². The van der Waals surface area contributed by atoms with E-state index >= 15 is 0 Å². The summed E-state index contributed by atoms with van der Waals surface area (Å²) in [6.07, 6.45) is 0. The molecule has 0 rings (SSSR count). The van der Waals surface area contributed by atoms with Crippen molar-refractivity contribution in [2.24, 2.45) is 0 Å². The minimum atomic E-state index is 0. The van der Waals surface area contributed by atoms with Gasteiger partial charge in [0.2, 0.25) is 0 Å². The summed E-state index contributed by atoms with van der Waals surface area (Å²) in [6.45, 7) is 0. The zero-order chi connectivity index (χ0) is 0. The van der Waals surface area contributed by atoms with E-state index in [1.165, 1.54) is 0 Å². The van der Waals surface area contributed by atoms with E-state index in [1.807, 2.05) is 0 Å². The summed E-state index contributed by atoms with van der Waals surface area (Å²) in [4.78, 5) is 0. The Morgan fingerprint density at radius 1 is 0.333 bits per heavy atom. The van der Waals surface area contributed by atoms with Gasteiger partial charge in [-0.15, -0.1) is 0 Å². The van der Waals surface area contributed by atoms with Gasteiger partial charge in [0.15, 0.2) is 0 Å². The van der Waals surface area contributed by atoms with E-state index in [0.717, 1.165) is 0 Å². The molecule has 0 N–H and O–H groups in total. The fourth-order valence-corrected chi connectivity index (χ4v) is 0. The summed E-state index contributed by atoms with van der Waals surface area (Å²) >= 11 is 0. The molecule has 0 fully saturated rings. The van der Waals surface area contributed by atoms with Crippen LogP contribution in [0.25, 0.3) is 0 Å². The van der Waals surface area contributed by atoms with Crippen molar-refractivity contribution in [2.45, 2.75) is 0 Å². The molecule has 0 nitrogen and oxygen atoms in total. The molecule has 0 spiro atoms. The van der Waals surface area contributed by atoms with E-state index in [0.29, 0.717) is 0 Å². The van der Waals surface area contributed by atoms with Gasteiger partial charge in [0, 0.05) is 168 Å². The molecule has 6 heteroatoms. The van der Waals surface area contributed by atoms with Crippen molar-refractivity contribution in [2.75, 3.05) is 0 Å². The first kappa shape index (κ1) is 41.6. The van der Waals surface area contributed by atoms with Gasteiger partial charge in [-0.05, 0) is 0 Å². The standard InChI is InChI=1S/2Ca.4Mg. The third-order valence-electron chi connectivity index (χ3n) is 0. The maximum atomic E-state index is 0. The first-order valence-corrected chi connectivity index (χ1v) is 0. The molecule has 6 heavy (non-hydrogen) atoms. The summed E-state index contributed by atoms with van der Waals surface area (Å²) in [5.74, 6) is 0. The van der Waals surface area contributed by atoms with Gasteiger partial charge in [0.25, 0.3) is 0 Å². The van der Waals surface area contributed by atoms with Crippen LogP contribution in [0.1, 0.15) is 0 Å². The van der Waals surface area contributed by atoms with Crippen molar-refractivity contribution in [1.29, 1.82) is 0 Å². The summed E-state index contributed by atoms with van der Waals surface area (Å²) < 4.78 is 0. The van der Waals surface area contributed by atoms with Crippen LogP contribution in [-0.2, 0) is 0 Å². The maximum Gasteiger partial charge on any atom is 0 e. The fraction of sp³-hybridized carbons (Fsp3) is 0. The van der Waals surface area contributed by atoms with Crippen LogP contribution in [0.2, 0.25) is 0 Å². The molecule has 0 bridgehead atoms. The van der Waals surface area contributed by atoms with Gasteiger partial charge in [-0.3, -0.25) is 0 Å². The van der Waals surface area contributed by atoms with Crippen LogP contribution in [-0.4, -0.2) is 168 Å². The smallest absolute Gasteiger partial charge is 0 e. The van der Waals surface area contributed by atoms with Gasteiger partial charge >= 0.3 is 0 Å². The average Bonchev–Trinajstić information content (AvgIpc) is 0. The third kappa shape index (κ3) is 22.6. The Labute approximate surface area is 163 Å².